The molecule has 2 unspecified atom stereocenters. The Bertz CT molecular complexity index is 361. The van der Waals surface area contributed by atoms with E-state index in [1.807, 2.05) is 0 Å². The number of rotatable bonds is 3. The summed E-state index contributed by atoms with van der Waals surface area (Å²) in [4.78, 5) is 11.4. The molecular weight excluding hydrogens is 226 g/mol. The minimum atomic E-state index is -0.138. The van der Waals surface area contributed by atoms with Crippen LogP contribution in [0.4, 0.5) is 0 Å². The molecule has 0 aliphatic heterocycles. The number of carbonyl (C=O) groups excluding carboxylic acids is 1. The second kappa shape index (κ2) is 3.72. The highest BCUT2D eigenvalue weighted by Crippen LogP contribution is 2.66. The normalized spacial score (nSPS) is 49.4. The first kappa shape index (κ1) is 12.5. The second-order valence-corrected chi connectivity index (χ2v) is 7.84. The summed E-state index contributed by atoms with van der Waals surface area (Å²) in [5, 5.41) is 3.55. The van der Waals surface area contributed by atoms with E-state index in [0.29, 0.717) is 17.4 Å². The van der Waals surface area contributed by atoms with Crippen molar-refractivity contribution in [2.45, 2.75) is 57.9 Å². The number of esters is 1. The SMILES string of the molecule is COC(=O)CNC12CC3CC(C)(CC(C)(C3)C1)C2. The van der Waals surface area contributed by atoms with Gasteiger partial charge in [-0.05, 0) is 55.3 Å². The molecule has 0 radical (unpaired) electrons. The Morgan fingerprint density at radius 2 is 1.78 bits per heavy atom. The van der Waals surface area contributed by atoms with Gasteiger partial charge in [-0.15, -0.1) is 0 Å². The van der Waals surface area contributed by atoms with Gasteiger partial charge in [0, 0.05) is 5.54 Å². The molecule has 4 aliphatic carbocycles. The maximum atomic E-state index is 11.4. The van der Waals surface area contributed by atoms with Crippen LogP contribution in [0.2, 0.25) is 0 Å². The van der Waals surface area contributed by atoms with E-state index in [-0.39, 0.29) is 11.5 Å². The maximum absolute atomic E-state index is 11.4. The average molecular weight is 251 g/mol. The lowest BCUT2D eigenvalue weighted by Gasteiger charge is -2.65. The van der Waals surface area contributed by atoms with Gasteiger partial charge in [0.2, 0.25) is 0 Å². The molecule has 0 aromatic carbocycles. The molecule has 4 bridgehead atoms. The molecule has 3 nitrogen and oxygen atoms in total. The van der Waals surface area contributed by atoms with Crippen LogP contribution in [0.15, 0.2) is 0 Å². The third-order valence-electron chi connectivity index (χ3n) is 5.46. The van der Waals surface area contributed by atoms with Gasteiger partial charge in [0.1, 0.15) is 0 Å². The number of nitrogens with one attached hydrogen (secondary N) is 1. The summed E-state index contributed by atoms with van der Waals surface area (Å²) in [7, 11) is 1.46. The lowest BCUT2D eigenvalue weighted by Crippen LogP contribution is -2.64. The number of methoxy groups -OCH3 is 1. The number of hydrogen-bond donors (Lipinski definition) is 1. The monoisotopic (exact) mass is 251 g/mol. The summed E-state index contributed by atoms with van der Waals surface area (Å²) in [5.74, 6) is 0.724. The van der Waals surface area contributed by atoms with Crippen molar-refractivity contribution in [3.05, 3.63) is 0 Å². The third-order valence-corrected chi connectivity index (χ3v) is 5.46. The van der Waals surface area contributed by atoms with Crippen LogP contribution in [0.5, 0.6) is 0 Å². The summed E-state index contributed by atoms with van der Waals surface area (Å²) >= 11 is 0. The Kier molecular flexibility index (Phi) is 2.58. The van der Waals surface area contributed by atoms with Crippen LogP contribution < -0.4 is 5.32 Å². The molecule has 4 fully saturated rings. The van der Waals surface area contributed by atoms with Crippen LogP contribution in [0.3, 0.4) is 0 Å². The number of hydrogen-bond acceptors (Lipinski definition) is 3. The Morgan fingerprint density at radius 3 is 2.28 bits per heavy atom. The fourth-order valence-corrected chi connectivity index (χ4v) is 5.98. The summed E-state index contributed by atoms with van der Waals surface area (Å²) < 4.78 is 4.76. The van der Waals surface area contributed by atoms with E-state index in [2.05, 4.69) is 19.2 Å². The Morgan fingerprint density at radius 1 is 1.17 bits per heavy atom. The van der Waals surface area contributed by atoms with Crippen molar-refractivity contribution < 1.29 is 9.53 Å². The van der Waals surface area contributed by atoms with E-state index in [1.165, 1.54) is 45.6 Å². The third kappa shape index (κ3) is 1.97. The van der Waals surface area contributed by atoms with Crippen molar-refractivity contribution in [3.63, 3.8) is 0 Å². The van der Waals surface area contributed by atoms with Crippen molar-refractivity contribution in [3.8, 4) is 0 Å². The van der Waals surface area contributed by atoms with Crippen molar-refractivity contribution in [1.82, 2.24) is 5.32 Å². The summed E-state index contributed by atoms with van der Waals surface area (Å²) in [5.41, 5.74) is 1.20. The zero-order valence-corrected chi connectivity index (χ0v) is 11.8. The summed E-state index contributed by atoms with van der Waals surface area (Å²) in [6, 6.07) is 0. The Balaban J connectivity index is 1.78. The molecule has 18 heavy (non-hydrogen) atoms. The lowest BCUT2D eigenvalue weighted by atomic mass is 9.43. The summed E-state index contributed by atoms with van der Waals surface area (Å²) in [6.45, 7) is 5.27. The zero-order valence-electron chi connectivity index (χ0n) is 11.8. The largest absolute Gasteiger partial charge is 0.468 e. The van der Waals surface area contributed by atoms with Crippen LogP contribution in [-0.4, -0.2) is 25.2 Å². The van der Waals surface area contributed by atoms with Crippen molar-refractivity contribution >= 4 is 5.97 Å². The quantitative estimate of drug-likeness (QED) is 0.783. The van der Waals surface area contributed by atoms with Crippen molar-refractivity contribution in [2.24, 2.45) is 16.7 Å². The first-order valence-corrected chi connectivity index (χ1v) is 7.18. The van der Waals surface area contributed by atoms with E-state index in [9.17, 15) is 4.79 Å². The van der Waals surface area contributed by atoms with Crippen LogP contribution in [0.25, 0.3) is 0 Å². The molecule has 0 amide bonds. The van der Waals surface area contributed by atoms with E-state index in [4.69, 9.17) is 4.74 Å². The molecular formula is C15H25NO2. The zero-order chi connectivity index (χ0) is 13.0. The van der Waals surface area contributed by atoms with Gasteiger partial charge in [-0.1, -0.05) is 13.8 Å². The van der Waals surface area contributed by atoms with E-state index >= 15 is 0 Å². The van der Waals surface area contributed by atoms with Gasteiger partial charge in [-0.3, -0.25) is 4.79 Å². The predicted octanol–water partition coefficient (Wildman–Crippen LogP) is 2.50. The van der Waals surface area contributed by atoms with Gasteiger partial charge in [-0.2, -0.15) is 0 Å². The number of carbonyl (C=O) groups is 1. The molecule has 1 N–H and O–H groups in total. The molecule has 0 aromatic heterocycles. The van der Waals surface area contributed by atoms with Crippen LogP contribution in [0.1, 0.15) is 52.4 Å². The molecule has 4 rings (SSSR count). The minimum absolute atomic E-state index is 0.138. The molecule has 2 atom stereocenters. The highest BCUT2D eigenvalue weighted by atomic mass is 16.5. The first-order chi connectivity index (χ1) is 8.36. The predicted molar refractivity (Wildman–Crippen MR) is 70.2 cm³/mol. The topological polar surface area (TPSA) is 38.3 Å². The van der Waals surface area contributed by atoms with E-state index in [1.54, 1.807) is 0 Å². The van der Waals surface area contributed by atoms with Gasteiger partial charge >= 0.3 is 5.97 Å². The molecule has 102 valence electrons. The second-order valence-electron chi connectivity index (χ2n) is 7.84. The van der Waals surface area contributed by atoms with Crippen molar-refractivity contribution in [1.29, 1.82) is 0 Å². The molecule has 0 heterocycles. The number of ether oxygens (including phenoxy) is 1. The summed E-state index contributed by atoms with van der Waals surface area (Å²) in [6.07, 6.45) is 7.90. The van der Waals surface area contributed by atoms with Gasteiger partial charge in [0.15, 0.2) is 0 Å². The first-order valence-electron chi connectivity index (χ1n) is 7.18. The van der Waals surface area contributed by atoms with E-state index < -0.39 is 0 Å². The van der Waals surface area contributed by atoms with Crippen LogP contribution in [0, 0.1) is 16.7 Å². The maximum Gasteiger partial charge on any atom is 0.319 e. The van der Waals surface area contributed by atoms with Gasteiger partial charge < -0.3 is 10.1 Å². The average Bonchev–Trinajstić information content (AvgIpc) is 2.21. The molecule has 3 heteroatoms. The van der Waals surface area contributed by atoms with Gasteiger partial charge in [0.25, 0.3) is 0 Å². The Labute approximate surface area is 110 Å². The highest BCUT2D eigenvalue weighted by Gasteiger charge is 2.59. The van der Waals surface area contributed by atoms with Crippen LogP contribution in [-0.2, 0) is 9.53 Å². The Hall–Kier alpha value is -0.570. The van der Waals surface area contributed by atoms with Crippen LogP contribution >= 0.6 is 0 Å². The molecule has 0 spiro atoms. The van der Waals surface area contributed by atoms with Crippen molar-refractivity contribution in [2.75, 3.05) is 13.7 Å². The molecule has 4 aliphatic rings. The minimum Gasteiger partial charge on any atom is -0.468 e. The highest BCUT2D eigenvalue weighted by molar-refractivity contribution is 5.71. The molecule has 0 aromatic rings. The van der Waals surface area contributed by atoms with Gasteiger partial charge in [-0.25, -0.2) is 0 Å². The van der Waals surface area contributed by atoms with E-state index in [0.717, 1.165) is 5.92 Å². The fourth-order valence-electron chi connectivity index (χ4n) is 5.98. The van der Waals surface area contributed by atoms with Gasteiger partial charge in [0.05, 0.1) is 13.7 Å². The smallest absolute Gasteiger partial charge is 0.319 e. The standard InChI is InChI=1S/C15H25NO2/c1-13-4-11-5-14(2,8-13)10-15(6-11,9-13)16-7-12(17)18-3/h11,16H,4-10H2,1-3H3. The molecule has 0 saturated heterocycles. The molecule has 4 saturated carbocycles. The lowest BCUT2D eigenvalue weighted by molar-refractivity contribution is -0.144. The fraction of sp³-hybridized carbons (Fsp3) is 0.933.